The Morgan fingerprint density at radius 3 is 2.50 bits per heavy atom. The highest BCUT2D eigenvalue weighted by atomic mass is 32.1. The smallest absolute Gasteiger partial charge is 0.175 e. The van der Waals surface area contributed by atoms with Gasteiger partial charge in [-0.05, 0) is 22.9 Å². The molecule has 0 fully saturated rings. The maximum absolute atomic E-state index is 11.9. The molecular formula is C12H12O3S. The average Bonchev–Trinajstić information content (AvgIpc) is 2.60. The fourth-order valence-electron chi connectivity index (χ4n) is 1.53. The van der Waals surface area contributed by atoms with Crippen molar-refractivity contribution in [3.05, 3.63) is 22.4 Å². The number of carbonyl (C=O) groups excluding carboxylic acids is 1. The van der Waals surface area contributed by atoms with Crippen LogP contribution in [0.4, 0.5) is 0 Å². The molecule has 0 radical (unpaired) electrons. The summed E-state index contributed by atoms with van der Waals surface area (Å²) in [7, 11) is 0. The minimum absolute atomic E-state index is 0.0603. The predicted octanol–water partition coefficient (Wildman–Crippen LogP) is 3.15. The zero-order valence-electron chi connectivity index (χ0n) is 9.02. The number of ketones is 1. The van der Waals surface area contributed by atoms with Gasteiger partial charge in [-0.15, -0.1) is 11.3 Å². The Hall–Kier alpha value is -1.55. The van der Waals surface area contributed by atoms with Crippen LogP contribution in [0.15, 0.2) is 17.5 Å². The Morgan fingerprint density at radius 2 is 1.88 bits per heavy atom. The molecule has 2 rings (SSSR count). The maximum Gasteiger partial charge on any atom is 0.175 e. The molecule has 16 heavy (non-hydrogen) atoms. The summed E-state index contributed by atoms with van der Waals surface area (Å²) in [6, 6.07) is 2.91. The van der Waals surface area contributed by atoms with Crippen LogP contribution in [0.3, 0.4) is 0 Å². The van der Waals surface area contributed by atoms with E-state index in [-0.39, 0.29) is 23.2 Å². The molecule has 0 aliphatic rings. The minimum Gasteiger partial charge on any atom is -0.504 e. The summed E-state index contributed by atoms with van der Waals surface area (Å²) >= 11 is 1.34. The van der Waals surface area contributed by atoms with Crippen LogP contribution in [0, 0.1) is 5.92 Å². The van der Waals surface area contributed by atoms with Crippen molar-refractivity contribution in [2.24, 2.45) is 5.92 Å². The summed E-state index contributed by atoms with van der Waals surface area (Å²) in [6.07, 6.45) is 0. The molecule has 3 nitrogen and oxygen atoms in total. The van der Waals surface area contributed by atoms with Gasteiger partial charge in [-0.3, -0.25) is 4.79 Å². The first-order chi connectivity index (χ1) is 7.50. The van der Waals surface area contributed by atoms with E-state index in [0.29, 0.717) is 10.3 Å². The molecule has 1 aromatic carbocycles. The van der Waals surface area contributed by atoms with Crippen LogP contribution in [0.5, 0.6) is 11.5 Å². The molecule has 0 bridgehead atoms. The third kappa shape index (κ3) is 1.65. The summed E-state index contributed by atoms with van der Waals surface area (Å²) in [5, 5.41) is 22.1. The zero-order valence-corrected chi connectivity index (χ0v) is 9.84. The van der Waals surface area contributed by atoms with Crippen LogP contribution < -0.4 is 0 Å². The molecule has 0 aliphatic carbocycles. The number of hydrogen-bond acceptors (Lipinski definition) is 4. The van der Waals surface area contributed by atoms with Gasteiger partial charge in [0.1, 0.15) is 0 Å². The number of hydrogen-bond donors (Lipinski definition) is 2. The number of aromatic hydroxyl groups is 2. The Balaban J connectivity index is 2.65. The SMILES string of the molecule is CC(C)C(=O)c1scc2cc(O)c(O)cc12. The Morgan fingerprint density at radius 1 is 1.25 bits per heavy atom. The molecule has 84 valence electrons. The Bertz CT molecular complexity index is 555. The van der Waals surface area contributed by atoms with E-state index >= 15 is 0 Å². The third-order valence-electron chi connectivity index (χ3n) is 2.44. The van der Waals surface area contributed by atoms with Gasteiger partial charge in [0.15, 0.2) is 17.3 Å². The van der Waals surface area contributed by atoms with Crippen molar-refractivity contribution in [2.45, 2.75) is 13.8 Å². The number of fused-ring (bicyclic) bond motifs is 1. The number of carbonyl (C=O) groups is 1. The van der Waals surface area contributed by atoms with E-state index in [1.54, 1.807) is 0 Å². The second-order valence-electron chi connectivity index (χ2n) is 4.01. The lowest BCUT2D eigenvalue weighted by atomic mass is 10.0. The number of phenolic OH excluding ortho intramolecular Hbond substituents is 2. The van der Waals surface area contributed by atoms with Gasteiger partial charge in [0.05, 0.1) is 4.88 Å². The normalized spacial score (nSPS) is 11.2. The van der Waals surface area contributed by atoms with E-state index in [2.05, 4.69) is 0 Å². The van der Waals surface area contributed by atoms with Gasteiger partial charge in [0.2, 0.25) is 0 Å². The predicted molar refractivity (Wildman–Crippen MR) is 64.3 cm³/mol. The Kier molecular flexibility index (Phi) is 2.59. The molecule has 1 aromatic heterocycles. The second-order valence-corrected chi connectivity index (χ2v) is 4.89. The lowest BCUT2D eigenvalue weighted by Crippen LogP contribution is -2.05. The molecule has 4 heteroatoms. The topological polar surface area (TPSA) is 57.5 Å². The van der Waals surface area contributed by atoms with Gasteiger partial charge in [-0.2, -0.15) is 0 Å². The van der Waals surface area contributed by atoms with Crippen LogP contribution in [0.1, 0.15) is 23.5 Å². The molecule has 2 N–H and O–H groups in total. The third-order valence-corrected chi connectivity index (χ3v) is 3.47. The molecule has 1 heterocycles. The van der Waals surface area contributed by atoms with Crippen molar-refractivity contribution >= 4 is 27.9 Å². The van der Waals surface area contributed by atoms with E-state index in [9.17, 15) is 15.0 Å². The van der Waals surface area contributed by atoms with Gasteiger partial charge in [-0.1, -0.05) is 13.8 Å². The van der Waals surface area contributed by atoms with Gasteiger partial charge in [0, 0.05) is 11.3 Å². The van der Waals surface area contributed by atoms with E-state index in [1.807, 2.05) is 19.2 Å². The van der Waals surface area contributed by atoms with Gasteiger partial charge >= 0.3 is 0 Å². The quantitative estimate of drug-likeness (QED) is 0.622. The molecule has 0 saturated carbocycles. The van der Waals surface area contributed by atoms with Crippen molar-refractivity contribution in [1.29, 1.82) is 0 Å². The van der Waals surface area contributed by atoms with Crippen molar-refractivity contribution in [1.82, 2.24) is 0 Å². The summed E-state index contributed by atoms with van der Waals surface area (Å²) in [6.45, 7) is 3.68. The summed E-state index contributed by atoms with van der Waals surface area (Å²) < 4.78 is 0. The highest BCUT2D eigenvalue weighted by Crippen LogP contribution is 2.35. The fraction of sp³-hybridized carbons (Fsp3) is 0.250. The monoisotopic (exact) mass is 236 g/mol. The fourth-order valence-corrected chi connectivity index (χ4v) is 2.62. The standard InChI is InChI=1S/C12H12O3S/c1-6(2)11(15)12-8-4-10(14)9(13)3-7(8)5-16-12/h3-6,13-14H,1-2H3. The Labute approximate surface area is 97.0 Å². The lowest BCUT2D eigenvalue weighted by Gasteiger charge is -2.03. The van der Waals surface area contributed by atoms with Crippen molar-refractivity contribution < 1.29 is 15.0 Å². The first-order valence-electron chi connectivity index (χ1n) is 4.98. The molecule has 2 aromatic rings. The van der Waals surface area contributed by atoms with Crippen LogP contribution in [0.25, 0.3) is 10.8 Å². The first kappa shape index (κ1) is 11.0. The van der Waals surface area contributed by atoms with Gasteiger partial charge in [-0.25, -0.2) is 0 Å². The average molecular weight is 236 g/mol. The van der Waals surface area contributed by atoms with E-state index < -0.39 is 0 Å². The first-order valence-corrected chi connectivity index (χ1v) is 5.86. The van der Waals surface area contributed by atoms with Gasteiger partial charge in [0.25, 0.3) is 0 Å². The number of thiophene rings is 1. The van der Waals surface area contributed by atoms with Crippen molar-refractivity contribution in [2.75, 3.05) is 0 Å². The number of benzene rings is 1. The number of phenols is 2. The summed E-state index contributed by atoms with van der Waals surface area (Å²) in [5.74, 6) is -0.361. The van der Waals surface area contributed by atoms with E-state index in [4.69, 9.17) is 0 Å². The summed E-state index contributed by atoms with van der Waals surface area (Å²) in [5.41, 5.74) is 0. The van der Waals surface area contributed by atoms with E-state index in [1.165, 1.54) is 23.5 Å². The van der Waals surface area contributed by atoms with Crippen LogP contribution in [-0.4, -0.2) is 16.0 Å². The molecule has 0 aliphatic heterocycles. The van der Waals surface area contributed by atoms with Gasteiger partial charge < -0.3 is 10.2 Å². The van der Waals surface area contributed by atoms with Crippen LogP contribution in [0.2, 0.25) is 0 Å². The largest absolute Gasteiger partial charge is 0.504 e. The highest BCUT2D eigenvalue weighted by Gasteiger charge is 2.17. The summed E-state index contributed by atoms with van der Waals surface area (Å²) in [4.78, 5) is 12.5. The molecule has 0 atom stereocenters. The van der Waals surface area contributed by atoms with Crippen LogP contribution in [-0.2, 0) is 0 Å². The highest BCUT2D eigenvalue weighted by molar-refractivity contribution is 7.13. The number of rotatable bonds is 2. The van der Waals surface area contributed by atoms with Crippen LogP contribution >= 0.6 is 11.3 Å². The van der Waals surface area contributed by atoms with E-state index in [0.717, 1.165) is 5.39 Å². The number of Topliss-reactive ketones (excluding diaryl/α,β-unsaturated/α-hetero) is 1. The molecular weight excluding hydrogens is 224 g/mol. The molecule has 0 amide bonds. The minimum atomic E-state index is -0.191. The lowest BCUT2D eigenvalue weighted by molar-refractivity contribution is 0.0945. The molecule has 0 unspecified atom stereocenters. The second kappa shape index (κ2) is 3.79. The van der Waals surface area contributed by atoms with Crippen molar-refractivity contribution in [3.8, 4) is 11.5 Å². The molecule has 0 spiro atoms. The van der Waals surface area contributed by atoms with Crippen molar-refractivity contribution in [3.63, 3.8) is 0 Å². The zero-order chi connectivity index (χ0) is 11.9. The maximum atomic E-state index is 11.9. The molecule has 0 saturated heterocycles.